The van der Waals surface area contributed by atoms with E-state index in [4.69, 9.17) is 5.26 Å². The molecule has 2 rings (SSSR count). The number of hydrogen-bond acceptors (Lipinski definition) is 4. The molecule has 0 atom stereocenters. The molecule has 7 heteroatoms. The number of carbonyl (C=O) groups excluding carboxylic acids is 2. The summed E-state index contributed by atoms with van der Waals surface area (Å²) >= 11 is 0. The minimum Gasteiger partial charge on any atom is -0.354 e. The van der Waals surface area contributed by atoms with E-state index in [1.54, 1.807) is 4.90 Å². The highest BCUT2D eigenvalue weighted by molar-refractivity contribution is 5.78. The highest BCUT2D eigenvalue weighted by Gasteiger charge is 2.20. The Bertz CT molecular complexity index is 643. The Hall–Kier alpha value is -2.59. The van der Waals surface area contributed by atoms with Gasteiger partial charge in [0.1, 0.15) is 0 Å². The van der Waals surface area contributed by atoms with E-state index in [0.29, 0.717) is 31.7 Å². The van der Waals surface area contributed by atoms with Crippen molar-refractivity contribution >= 4 is 11.9 Å². The predicted molar refractivity (Wildman–Crippen MR) is 99.3 cm³/mol. The molecule has 7 nitrogen and oxygen atoms in total. The Kier molecular flexibility index (Phi) is 7.42. The van der Waals surface area contributed by atoms with E-state index >= 15 is 0 Å². The summed E-state index contributed by atoms with van der Waals surface area (Å²) in [4.78, 5) is 27.7. The monoisotopic (exact) mass is 357 g/mol. The fourth-order valence-corrected chi connectivity index (χ4v) is 2.72. The van der Waals surface area contributed by atoms with Gasteiger partial charge in [0.15, 0.2) is 0 Å². The van der Waals surface area contributed by atoms with Crippen LogP contribution in [0.25, 0.3) is 0 Å². The quantitative estimate of drug-likeness (QED) is 0.748. The van der Waals surface area contributed by atoms with Crippen LogP contribution < -0.4 is 10.6 Å². The fourth-order valence-electron chi connectivity index (χ4n) is 2.72. The lowest BCUT2D eigenvalue weighted by atomic mass is 10.1. The summed E-state index contributed by atoms with van der Waals surface area (Å²) in [6, 6.07) is 9.65. The molecular weight excluding hydrogens is 330 g/mol. The van der Waals surface area contributed by atoms with Gasteiger partial charge >= 0.3 is 6.03 Å². The van der Waals surface area contributed by atoms with Crippen LogP contribution in [0.1, 0.15) is 25.0 Å². The molecule has 0 unspecified atom stereocenters. The average molecular weight is 357 g/mol. The van der Waals surface area contributed by atoms with Crippen molar-refractivity contribution in [2.45, 2.75) is 20.4 Å². The lowest BCUT2D eigenvalue weighted by Gasteiger charge is -2.34. The van der Waals surface area contributed by atoms with Crippen LogP contribution in [0.15, 0.2) is 24.3 Å². The second-order valence-corrected chi connectivity index (χ2v) is 6.75. The number of urea groups is 1. The zero-order valence-corrected chi connectivity index (χ0v) is 15.5. The third-order valence-electron chi connectivity index (χ3n) is 4.37. The molecule has 0 saturated carbocycles. The molecule has 1 saturated heterocycles. The van der Waals surface area contributed by atoms with Gasteiger partial charge in [-0.2, -0.15) is 5.26 Å². The maximum Gasteiger partial charge on any atom is 0.317 e. The van der Waals surface area contributed by atoms with Crippen LogP contribution in [-0.4, -0.2) is 61.0 Å². The third-order valence-corrected chi connectivity index (χ3v) is 4.37. The number of hydrogen-bond donors (Lipinski definition) is 2. The smallest absolute Gasteiger partial charge is 0.317 e. The summed E-state index contributed by atoms with van der Waals surface area (Å²) in [5, 5.41) is 14.5. The summed E-state index contributed by atoms with van der Waals surface area (Å²) in [6.07, 6.45) is 0. The molecule has 3 amide bonds. The zero-order valence-electron chi connectivity index (χ0n) is 15.5. The van der Waals surface area contributed by atoms with Gasteiger partial charge in [-0.1, -0.05) is 26.0 Å². The molecule has 0 aromatic heterocycles. The van der Waals surface area contributed by atoms with Gasteiger partial charge in [0.2, 0.25) is 5.91 Å². The Morgan fingerprint density at radius 1 is 1.08 bits per heavy atom. The van der Waals surface area contributed by atoms with Gasteiger partial charge in [0.25, 0.3) is 0 Å². The average Bonchev–Trinajstić information content (AvgIpc) is 2.66. The van der Waals surface area contributed by atoms with Gasteiger partial charge in [0.05, 0.1) is 11.6 Å². The third kappa shape index (κ3) is 6.05. The first-order chi connectivity index (χ1) is 12.5. The molecule has 26 heavy (non-hydrogen) atoms. The van der Waals surface area contributed by atoms with E-state index in [9.17, 15) is 9.59 Å². The molecule has 0 bridgehead atoms. The van der Waals surface area contributed by atoms with E-state index in [0.717, 1.165) is 19.6 Å². The van der Waals surface area contributed by atoms with Gasteiger partial charge < -0.3 is 15.5 Å². The van der Waals surface area contributed by atoms with E-state index in [1.165, 1.54) is 5.56 Å². The molecule has 1 heterocycles. The highest BCUT2D eigenvalue weighted by atomic mass is 16.2. The number of nitrogens with one attached hydrogen (secondary N) is 2. The number of rotatable bonds is 6. The van der Waals surface area contributed by atoms with Crippen LogP contribution in [0, 0.1) is 17.2 Å². The van der Waals surface area contributed by atoms with Crippen LogP contribution in [0.5, 0.6) is 0 Å². The SMILES string of the molecule is CC(C)C(=O)NCCNC(=O)N1CCN(Cc2ccc(C#N)cc2)CC1. The van der Waals surface area contributed by atoms with Crippen LogP contribution in [-0.2, 0) is 11.3 Å². The van der Waals surface area contributed by atoms with Gasteiger partial charge in [-0.15, -0.1) is 0 Å². The molecule has 140 valence electrons. The van der Waals surface area contributed by atoms with Crippen LogP contribution in [0.2, 0.25) is 0 Å². The standard InChI is InChI=1S/C19H27N5O2/c1-15(2)18(25)21-7-8-22-19(26)24-11-9-23(10-12-24)14-17-5-3-16(13-20)4-6-17/h3-6,15H,7-12,14H2,1-2H3,(H,21,25)(H,22,26). The lowest BCUT2D eigenvalue weighted by molar-refractivity contribution is -0.123. The van der Waals surface area contributed by atoms with Crippen molar-refractivity contribution < 1.29 is 9.59 Å². The number of nitriles is 1. The number of carbonyl (C=O) groups is 2. The van der Waals surface area contributed by atoms with Crippen molar-refractivity contribution in [2.75, 3.05) is 39.3 Å². The molecule has 2 N–H and O–H groups in total. The fraction of sp³-hybridized carbons (Fsp3) is 0.526. The van der Waals surface area contributed by atoms with Gasteiger partial charge in [-0.25, -0.2) is 4.79 Å². The van der Waals surface area contributed by atoms with Gasteiger partial charge in [-0.05, 0) is 17.7 Å². The number of benzene rings is 1. The molecule has 1 aromatic rings. The highest BCUT2D eigenvalue weighted by Crippen LogP contribution is 2.10. The molecule has 0 radical (unpaired) electrons. The molecule has 0 spiro atoms. The van der Waals surface area contributed by atoms with E-state index in [1.807, 2.05) is 38.1 Å². The summed E-state index contributed by atoms with van der Waals surface area (Å²) in [5.41, 5.74) is 1.84. The Balaban J connectivity index is 1.66. The molecule has 1 aromatic carbocycles. The van der Waals surface area contributed by atoms with Crippen molar-refractivity contribution in [3.63, 3.8) is 0 Å². The topological polar surface area (TPSA) is 88.5 Å². The Morgan fingerprint density at radius 2 is 1.69 bits per heavy atom. The van der Waals surface area contributed by atoms with Crippen molar-refractivity contribution in [3.05, 3.63) is 35.4 Å². The zero-order chi connectivity index (χ0) is 18.9. The summed E-state index contributed by atoms with van der Waals surface area (Å²) in [6.45, 7) is 8.37. The van der Waals surface area contributed by atoms with Crippen molar-refractivity contribution in [1.82, 2.24) is 20.4 Å². The van der Waals surface area contributed by atoms with Crippen molar-refractivity contribution in [3.8, 4) is 6.07 Å². The minimum atomic E-state index is -0.0816. The second-order valence-electron chi connectivity index (χ2n) is 6.75. The molecular formula is C19H27N5O2. The largest absolute Gasteiger partial charge is 0.354 e. The number of amides is 3. The maximum atomic E-state index is 12.2. The minimum absolute atomic E-state index is 0.00401. The normalized spacial score (nSPS) is 14.8. The van der Waals surface area contributed by atoms with Crippen LogP contribution in [0.3, 0.4) is 0 Å². The van der Waals surface area contributed by atoms with Gasteiger partial charge in [0, 0.05) is 51.7 Å². The predicted octanol–water partition coefficient (Wildman–Crippen LogP) is 1.16. The summed E-state index contributed by atoms with van der Waals surface area (Å²) in [7, 11) is 0. The van der Waals surface area contributed by atoms with Crippen molar-refractivity contribution in [1.29, 1.82) is 5.26 Å². The van der Waals surface area contributed by atoms with E-state index < -0.39 is 0 Å². The van der Waals surface area contributed by atoms with Gasteiger partial charge in [-0.3, -0.25) is 9.69 Å². The maximum absolute atomic E-state index is 12.2. The first-order valence-corrected chi connectivity index (χ1v) is 9.01. The first kappa shape index (κ1) is 19.7. The number of nitrogens with zero attached hydrogens (tertiary/aromatic N) is 3. The van der Waals surface area contributed by atoms with Crippen molar-refractivity contribution in [2.24, 2.45) is 5.92 Å². The van der Waals surface area contributed by atoms with Crippen LogP contribution in [0.4, 0.5) is 4.79 Å². The molecule has 1 aliphatic heterocycles. The Morgan fingerprint density at radius 3 is 2.27 bits per heavy atom. The summed E-state index contributed by atoms with van der Waals surface area (Å²) < 4.78 is 0. The Labute approximate surface area is 155 Å². The first-order valence-electron chi connectivity index (χ1n) is 9.01. The lowest BCUT2D eigenvalue weighted by Crippen LogP contribution is -2.52. The molecule has 1 aliphatic rings. The van der Waals surface area contributed by atoms with E-state index in [-0.39, 0.29) is 17.9 Å². The summed E-state index contributed by atoms with van der Waals surface area (Å²) in [5.74, 6) is -0.0504. The molecule has 0 aliphatic carbocycles. The van der Waals surface area contributed by atoms with Crippen LogP contribution >= 0.6 is 0 Å². The second kappa shape index (κ2) is 9.78. The molecule has 1 fully saturated rings. The van der Waals surface area contributed by atoms with E-state index in [2.05, 4.69) is 21.6 Å². The number of piperazine rings is 1.